The molecule has 1 rings (SSSR count). The maximum atomic E-state index is 12.8. The normalized spacial score (nSPS) is 24.0. The molecule has 21 heavy (non-hydrogen) atoms. The van der Waals surface area contributed by atoms with Crippen molar-refractivity contribution in [3.05, 3.63) is 0 Å². The molecular weight excluding hydrogens is 284 g/mol. The van der Waals surface area contributed by atoms with Crippen molar-refractivity contribution >= 4 is 23.6 Å². The van der Waals surface area contributed by atoms with Crippen molar-refractivity contribution in [1.29, 1.82) is 0 Å². The van der Waals surface area contributed by atoms with E-state index in [0.717, 1.165) is 0 Å². The van der Waals surface area contributed by atoms with E-state index in [-0.39, 0.29) is 34.6 Å². The molecule has 1 fully saturated rings. The van der Waals surface area contributed by atoms with Crippen LogP contribution in [0.25, 0.3) is 0 Å². The lowest BCUT2D eigenvalue weighted by Gasteiger charge is -2.44. The van der Waals surface area contributed by atoms with Crippen LogP contribution < -0.4 is 5.32 Å². The van der Waals surface area contributed by atoms with Crippen LogP contribution in [0, 0.1) is 11.8 Å². The van der Waals surface area contributed by atoms with Gasteiger partial charge in [0.05, 0.1) is 0 Å². The van der Waals surface area contributed by atoms with Crippen LogP contribution in [0.15, 0.2) is 0 Å². The first-order valence-corrected chi connectivity index (χ1v) is 8.97. The summed E-state index contributed by atoms with van der Waals surface area (Å²) in [6.45, 7) is 13.0. The van der Waals surface area contributed by atoms with Gasteiger partial charge in [-0.25, -0.2) is 0 Å². The Hall–Kier alpha value is -0.710. The molecule has 4 nitrogen and oxygen atoms in total. The number of nitrogens with one attached hydrogen (secondary N) is 1. The third kappa shape index (κ3) is 4.63. The largest absolute Gasteiger partial charge is 0.342 e. The Bertz CT molecular complexity index is 394. The fraction of sp³-hybridized carbons (Fsp3) is 0.875. The van der Waals surface area contributed by atoms with E-state index in [9.17, 15) is 9.59 Å². The van der Waals surface area contributed by atoms with E-state index < -0.39 is 0 Å². The molecule has 122 valence electrons. The van der Waals surface area contributed by atoms with Gasteiger partial charge >= 0.3 is 0 Å². The molecule has 0 aromatic rings. The monoisotopic (exact) mass is 314 g/mol. The second-order valence-electron chi connectivity index (χ2n) is 7.31. The third-order valence-electron chi connectivity index (χ3n) is 3.94. The lowest BCUT2D eigenvalue weighted by molar-refractivity contribution is -0.152. The van der Waals surface area contributed by atoms with E-state index >= 15 is 0 Å². The Kier molecular flexibility index (Phi) is 6.14. The van der Waals surface area contributed by atoms with Gasteiger partial charge in [-0.05, 0) is 38.4 Å². The highest BCUT2D eigenvalue weighted by molar-refractivity contribution is 7.99. The van der Waals surface area contributed by atoms with E-state index in [2.05, 4.69) is 33.0 Å². The molecule has 1 N–H and O–H groups in total. The molecule has 0 saturated carbocycles. The molecule has 2 unspecified atom stereocenters. The first-order valence-electron chi connectivity index (χ1n) is 7.75. The van der Waals surface area contributed by atoms with Crippen molar-refractivity contribution in [2.75, 3.05) is 12.8 Å². The lowest BCUT2D eigenvalue weighted by Crippen LogP contribution is -2.66. The summed E-state index contributed by atoms with van der Waals surface area (Å²) in [5.74, 6) is 0.563. The van der Waals surface area contributed by atoms with Gasteiger partial charge in [-0.1, -0.05) is 27.7 Å². The van der Waals surface area contributed by atoms with Crippen LogP contribution in [0.3, 0.4) is 0 Å². The Morgan fingerprint density at radius 2 is 1.81 bits per heavy atom. The highest BCUT2D eigenvalue weighted by Gasteiger charge is 2.43. The van der Waals surface area contributed by atoms with Crippen LogP contribution in [-0.2, 0) is 9.59 Å². The van der Waals surface area contributed by atoms with E-state index in [1.165, 1.54) is 0 Å². The maximum Gasteiger partial charge on any atom is 0.245 e. The zero-order valence-corrected chi connectivity index (χ0v) is 15.2. The second-order valence-corrected chi connectivity index (χ2v) is 8.82. The minimum absolute atomic E-state index is 0.00727. The Morgan fingerprint density at radius 1 is 1.24 bits per heavy atom. The van der Waals surface area contributed by atoms with E-state index in [1.807, 2.05) is 25.0 Å². The van der Waals surface area contributed by atoms with Crippen molar-refractivity contribution in [2.24, 2.45) is 11.8 Å². The van der Waals surface area contributed by atoms with Gasteiger partial charge in [-0.2, -0.15) is 11.8 Å². The summed E-state index contributed by atoms with van der Waals surface area (Å²) in [5.41, 5.74) is 0. The molecule has 0 bridgehead atoms. The quantitative estimate of drug-likeness (QED) is 0.819. The highest BCUT2D eigenvalue weighted by Crippen LogP contribution is 2.28. The van der Waals surface area contributed by atoms with E-state index in [0.29, 0.717) is 18.9 Å². The van der Waals surface area contributed by atoms with Gasteiger partial charge in [0.15, 0.2) is 0 Å². The summed E-state index contributed by atoms with van der Waals surface area (Å²) in [7, 11) is 0. The van der Waals surface area contributed by atoms with Crippen molar-refractivity contribution in [3.8, 4) is 0 Å². The highest BCUT2D eigenvalue weighted by atomic mass is 32.2. The number of carbonyl (C=O) groups excluding carboxylic acids is 2. The van der Waals surface area contributed by atoms with E-state index in [1.54, 1.807) is 11.8 Å². The molecule has 0 aliphatic carbocycles. The van der Waals surface area contributed by atoms with Gasteiger partial charge in [-0.15, -0.1) is 0 Å². The van der Waals surface area contributed by atoms with Crippen molar-refractivity contribution < 1.29 is 9.59 Å². The molecule has 0 spiro atoms. The van der Waals surface area contributed by atoms with Crippen molar-refractivity contribution in [1.82, 2.24) is 10.2 Å². The van der Waals surface area contributed by atoms with Crippen LogP contribution in [0.4, 0.5) is 0 Å². The lowest BCUT2D eigenvalue weighted by atomic mass is 9.92. The number of carbonyl (C=O) groups is 2. The fourth-order valence-electron chi connectivity index (χ4n) is 2.74. The van der Waals surface area contributed by atoms with Gasteiger partial charge in [0.1, 0.15) is 12.1 Å². The van der Waals surface area contributed by atoms with Gasteiger partial charge in [0.25, 0.3) is 0 Å². The van der Waals surface area contributed by atoms with Crippen LogP contribution >= 0.6 is 11.8 Å². The fourth-order valence-corrected chi connectivity index (χ4v) is 3.01. The molecule has 2 amide bonds. The van der Waals surface area contributed by atoms with Crippen molar-refractivity contribution in [3.63, 3.8) is 0 Å². The van der Waals surface area contributed by atoms with Gasteiger partial charge in [0, 0.05) is 11.3 Å². The zero-order valence-electron chi connectivity index (χ0n) is 14.4. The smallest absolute Gasteiger partial charge is 0.245 e. The first-order chi connectivity index (χ1) is 9.59. The SMILES string of the molecule is CSC(C)(C)CN1C(=O)C(CC(C)C)NC(=O)C1C(C)C. The molecule has 1 saturated heterocycles. The molecule has 2 atom stereocenters. The second kappa shape index (κ2) is 7.03. The number of rotatable bonds is 6. The topological polar surface area (TPSA) is 49.4 Å². The molecule has 0 aromatic heterocycles. The summed E-state index contributed by atoms with van der Waals surface area (Å²) < 4.78 is -0.0528. The number of thioether (sulfide) groups is 1. The molecule has 0 radical (unpaired) electrons. The summed E-state index contributed by atoms with van der Waals surface area (Å²) in [5, 5.41) is 2.93. The standard InChI is InChI=1S/C16H30N2O2S/c1-10(2)8-12-15(20)18(9-16(5,6)21-7)13(11(3)4)14(19)17-12/h10-13H,8-9H2,1-7H3,(H,17,19). The number of nitrogens with zero attached hydrogens (tertiary/aromatic N) is 1. The third-order valence-corrected chi connectivity index (χ3v) is 5.18. The van der Waals surface area contributed by atoms with Crippen molar-refractivity contribution in [2.45, 2.75) is 64.8 Å². The van der Waals surface area contributed by atoms with Crippen LogP contribution in [-0.4, -0.2) is 46.3 Å². The average molecular weight is 314 g/mol. The minimum Gasteiger partial charge on any atom is -0.342 e. The van der Waals surface area contributed by atoms with Crippen LogP contribution in [0.5, 0.6) is 0 Å². The molecule has 1 aliphatic rings. The minimum atomic E-state index is -0.370. The summed E-state index contributed by atoms with van der Waals surface area (Å²) in [6.07, 6.45) is 2.75. The zero-order chi connectivity index (χ0) is 16.4. The van der Waals surface area contributed by atoms with Crippen LogP contribution in [0.2, 0.25) is 0 Å². The predicted molar refractivity (Wildman–Crippen MR) is 89.3 cm³/mol. The number of hydrogen-bond acceptors (Lipinski definition) is 3. The predicted octanol–water partition coefficient (Wildman–Crippen LogP) is 2.53. The maximum absolute atomic E-state index is 12.8. The summed E-state index contributed by atoms with van der Waals surface area (Å²) >= 11 is 1.73. The average Bonchev–Trinajstić information content (AvgIpc) is 2.33. The molecule has 0 aromatic carbocycles. The number of amides is 2. The van der Waals surface area contributed by atoms with Gasteiger partial charge in [0.2, 0.25) is 11.8 Å². The number of piperazine rings is 1. The molecule has 5 heteroatoms. The Morgan fingerprint density at radius 3 is 2.24 bits per heavy atom. The molecular formula is C16H30N2O2S. The summed E-state index contributed by atoms with van der Waals surface area (Å²) in [6, 6.07) is -0.725. The number of hydrogen-bond donors (Lipinski definition) is 1. The summed E-state index contributed by atoms with van der Waals surface area (Å²) in [4.78, 5) is 27.1. The van der Waals surface area contributed by atoms with Gasteiger partial charge in [-0.3, -0.25) is 9.59 Å². The van der Waals surface area contributed by atoms with Gasteiger partial charge < -0.3 is 10.2 Å². The van der Waals surface area contributed by atoms with E-state index in [4.69, 9.17) is 0 Å². The molecule has 1 heterocycles. The van der Waals surface area contributed by atoms with Crippen LogP contribution in [0.1, 0.15) is 48.0 Å². The Balaban J connectivity index is 3.03. The first kappa shape index (κ1) is 18.3. The molecule has 1 aliphatic heterocycles. The Labute approximate surface area is 133 Å².